The molecule has 34 heavy (non-hydrogen) atoms. The molecule has 5 rings (SSSR count). The van der Waals surface area contributed by atoms with Crippen LogP contribution < -0.4 is 0 Å². The average molecular weight is 458 g/mol. The Kier molecular flexibility index (Phi) is 5.91. The molecule has 3 fully saturated rings. The molecule has 1 N–H and O–H groups in total. The van der Waals surface area contributed by atoms with Crippen molar-refractivity contribution in [2.24, 2.45) is 0 Å². The van der Waals surface area contributed by atoms with E-state index in [4.69, 9.17) is 0 Å². The summed E-state index contributed by atoms with van der Waals surface area (Å²) in [6.07, 6.45) is 6.30. The van der Waals surface area contributed by atoms with Crippen LogP contribution in [0.15, 0.2) is 48.5 Å². The van der Waals surface area contributed by atoms with E-state index in [-0.39, 0.29) is 17.2 Å². The van der Waals surface area contributed by atoms with E-state index in [1.165, 1.54) is 6.42 Å². The molecular formula is C28H31N3O3. The Labute approximate surface area is 200 Å². The van der Waals surface area contributed by atoms with Crippen molar-refractivity contribution < 1.29 is 14.7 Å². The quantitative estimate of drug-likeness (QED) is 0.755. The minimum Gasteiger partial charge on any atom is -0.380 e. The fourth-order valence-corrected chi connectivity index (χ4v) is 5.34. The minimum absolute atomic E-state index is 0.0387. The van der Waals surface area contributed by atoms with Gasteiger partial charge in [-0.3, -0.25) is 9.59 Å². The first-order valence-electron chi connectivity index (χ1n) is 12.4. The molecule has 1 heterocycles. The van der Waals surface area contributed by atoms with Crippen molar-refractivity contribution >= 4 is 11.8 Å². The summed E-state index contributed by atoms with van der Waals surface area (Å²) in [4.78, 5) is 28.8. The first kappa shape index (κ1) is 22.6. The fourth-order valence-electron chi connectivity index (χ4n) is 5.34. The number of hydrogen-bond acceptors (Lipinski definition) is 4. The molecular weight excluding hydrogens is 426 g/mol. The van der Waals surface area contributed by atoms with E-state index >= 15 is 0 Å². The van der Waals surface area contributed by atoms with Crippen LogP contribution in [0.5, 0.6) is 0 Å². The Hall–Kier alpha value is -3.17. The average Bonchev–Trinajstić information content (AvgIpc) is 3.67. The van der Waals surface area contributed by atoms with Gasteiger partial charge in [-0.05, 0) is 60.6 Å². The van der Waals surface area contributed by atoms with Crippen LogP contribution in [0.1, 0.15) is 60.9 Å². The second-order valence-corrected chi connectivity index (χ2v) is 10.0. The molecule has 1 saturated heterocycles. The molecule has 3 aliphatic rings. The van der Waals surface area contributed by atoms with E-state index in [2.05, 4.69) is 24.3 Å². The predicted octanol–water partition coefficient (Wildman–Crippen LogP) is 3.89. The third-order valence-electron chi connectivity index (χ3n) is 7.78. The zero-order chi connectivity index (χ0) is 23.8. The van der Waals surface area contributed by atoms with Crippen LogP contribution in [0, 0.1) is 11.3 Å². The number of benzene rings is 2. The number of aliphatic hydroxyl groups is 1. The van der Waals surface area contributed by atoms with Gasteiger partial charge in [0.1, 0.15) is 5.60 Å². The maximum Gasteiger partial charge on any atom is 0.254 e. The highest BCUT2D eigenvalue weighted by molar-refractivity contribution is 5.95. The molecule has 2 aromatic rings. The largest absolute Gasteiger partial charge is 0.380 e. The fraction of sp³-hybridized carbons (Fsp3) is 0.464. The predicted molar refractivity (Wildman–Crippen MR) is 129 cm³/mol. The highest BCUT2D eigenvalue weighted by atomic mass is 16.3. The van der Waals surface area contributed by atoms with Gasteiger partial charge in [-0.1, -0.05) is 49.6 Å². The van der Waals surface area contributed by atoms with E-state index in [1.54, 1.807) is 9.80 Å². The summed E-state index contributed by atoms with van der Waals surface area (Å²) in [6.45, 7) is 1.86. The van der Waals surface area contributed by atoms with Gasteiger partial charge in [-0.2, -0.15) is 5.26 Å². The zero-order valence-electron chi connectivity index (χ0n) is 19.5. The van der Waals surface area contributed by atoms with E-state index in [9.17, 15) is 20.0 Å². The van der Waals surface area contributed by atoms with Gasteiger partial charge in [0, 0.05) is 31.7 Å². The van der Waals surface area contributed by atoms with E-state index in [0.717, 1.165) is 42.4 Å². The molecule has 0 atom stereocenters. The standard InChI is InChI=1S/C28H31N3O3/c29-20-27(11-2-1-3-12-27)24-6-4-5-23(19-24)21-7-9-22(10-8-21)25(32)30-15-17-31(18-16-30)26(33)28(34)13-14-28/h4-10,19,34H,1-3,11-18H2. The summed E-state index contributed by atoms with van der Waals surface area (Å²) in [5.41, 5.74) is 2.26. The molecule has 2 saturated carbocycles. The van der Waals surface area contributed by atoms with Crippen LogP contribution >= 0.6 is 0 Å². The Morgan fingerprint density at radius 2 is 1.47 bits per heavy atom. The first-order chi connectivity index (χ1) is 16.4. The van der Waals surface area contributed by atoms with Crippen molar-refractivity contribution in [2.45, 2.75) is 56.0 Å². The molecule has 2 aromatic carbocycles. The number of rotatable bonds is 4. The zero-order valence-corrected chi connectivity index (χ0v) is 19.5. The normalized spacial score (nSPS) is 20.9. The number of amides is 2. The number of hydrogen-bond donors (Lipinski definition) is 1. The van der Waals surface area contributed by atoms with Crippen molar-refractivity contribution in [3.05, 3.63) is 59.7 Å². The highest BCUT2D eigenvalue weighted by Gasteiger charge is 2.50. The Balaban J connectivity index is 1.26. The maximum atomic E-state index is 13.0. The van der Waals surface area contributed by atoms with E-state index in [0.29, 0.717) is 44.6 Å². The Morgan fingerprint density at radius 3 is 2.09 bits per heavy atom. The summed E-state index contributed by atoms with van der Waals surface area (Å²) in [7, 11) is 0. The lowest BCUT2D eigenvalue weighted by atomic mass is 9.70. The van der Waals surface area contributed by atoms with Crippen LogP contribution in [0.3, 0.4) is 0 Å². The summed E-state index contributed by atoms with van der Waals surface area (Å²) >= 11 is 0. The number of carbonyl (C=O) groups excluding carboxylic acids is 2. The highest BCUT2D eigenvalue weighted by Crippen LogP contribution is 2.40. The Morgan fingerprint density at radius 1 is 0.824 bits per heavy atom. The Bertz CT molecular complexity index is 1120. The molecule has 176 valence electrons. The van der Waals surface area contributed by atoms with Crippen LogP contribution in [0.2, 0.25) is 0 Å². The van der Waals surface area contributed by atoms with Gasteiger partial charge < -0.3 is 14.9 Å². The molecule has 2 amide bonds. The van der Waals surface area contributed by atoms with Gasteiger partial charge in [-0.25, -0.2) is 0 Å². The molecule has 0 radical (unpaired) electrons. The van der Waals surface area contributed by atoms with Crippen LogP contribution in [0.25, 0.3) is 11.1 Å². The molecule has 2 aliphatic carbocycles. The van der Waals surface area contributed by atoms with Crippen molar-refractivity contribution in [1.82, 2.24) is 9.80 Å². The first-order valence-corrected chi connectivity index (χ1v) is 12.4. The summed E-state index contributed by atoms with van der Waals surface area (Å²) < 4.78 is 0. The molecule has 0 aromatic heterocycles. The topological polar surface area (TPSA) is 84.6 Å². The number of nitrogens with zero attached hydrogens (tertiary/aromatic N) is 3. The van der Waals surface area contributed by atoms with E-state index < -0.39 is 5.60 Å². The van der Waals surface area contributed by atoms with Gasteiger partial charge in [0.05, 0.1) is 11.5 Å². The number of piperazine rings is 1. The molecule has 0 spiro atoms. The second-order valence-electron chi connectivity index (χ2n) is 10.0. The lowest BCUT2D eigenvalue weighted by molar-refractivity contribution is -0.143. The maximum absolute atomic E-state index is 13.0. The van der Waals surface area contributed by atoms with Gasteiger partial charge >= 0.3 is 0 Å². The van der Waals surface area contributed by atoms with Gasteiger partial charge in [0.15, 0.2) is 0 Å². The van der Waals surface area contributed by atoms with Crippen molar-refractivity contribution in [3.63, 3.8) is 0 Å². The number of nitriles is 1. The summed E-state index contributed by atoms with van der Waals surface area (Å²) in [5, 5.41) is 20.0. The summed E-state index contributed by atoms with van der Waals surface area (Å²) in [5.74, 6) is -0.235. The van der Waals surface area contributed by atoms with Gasteiger partial charge in [0.2, 0.25) is 0 Å². The lowest BCUT2D eigenvalue weighted by Gasteiger charge is -2.35. The molecule has 6 nitrogen and oxygen atoms in total. The monoisotopic (exact) mass is 457 g/mol. The second kappa shape index (κ2) is 8.88. The van der Waals surface area contributed by atoms with E-state index in [1.807, 2.05) is 30.3 Å². The van der Waals surface area contributed by atoms with Crippen molar-refractivity contribution in [2.75, 3.05) is 26.2 Å². The van der Waals surface area contributed by atoms with Gasteiger partial charge in [0.25, 0.3) is 11.8 Å². The van der Waals surface area contributed by atoms with Crippen LogP contribution in [-0.2, 0) is 10.2 Å². The smallest absolute Gasteiger partial charge is 0.254 e. The van der Waals surface area contributed by atoms with Crippen molar-refractivity contribution in [3.8, 4) is 17.2 Å². The molecule has 1 aliphatic heterocycles. The molecule has 0 bridgehead atoms. The lowest BCUT2D eigenvalue weighted by Crippen LogP contribution is -2.53. The summed E-state index contributed by atoms with van der Waals surface area (Å²) in [6, 6.07) is 18.5. The SMILES string of the molecule is N#CC1(c2cccc(-c3ccc(C(=O)N4CCN(C(=O)C5(O)CC5)CC4)cc3)c2)CCCCC1. The number of carbonyl (C=O) groups is 2. The molecule has 0 unspecified atom stereocenters. The van der Waals surface area contributed by atoms with Crippen molar-refractivity contribution in [1.29, 1.82) is 5.26 Å². The van der Waals surface area contributed by atoms with Gasteiger partial charge in [-0.15, -0.1) is 0 Å². The molecule has 6 heteroatoms. The third kappa shape index (κ3) is 4.21. The minimum atomic E-state index is -1.15. The van der Waals surface area contributed by atoms with Crippen LogP contribution in [0.4, 0.5) is 0 Å². The third-order valence-corrected chi connectivity index (χ3v) is 7.78. The van der Waals surface area contributed by atoms with Crippen LogP contribution in [-0.4, -0.2) is 58.5 Å².